The van der Waals surface area contributed by atoms with Crippen molar-refractivity contribution >= 4 is 22.9 Å². The summed E-state index contributed by atoms with van der Waals surface area (Å²) in [7, 11) is 3.53. The number of amides is 1. The van der Waals surface area contributed by atoms with E-state index in [-0.39, 0.29) is 5.91 Å². The van der Waals surface area contributed by atoms with Crippen LogP contribution in [0.2, 0.25) is 0 Å². The van der Waals surface area contributed by atoms with Crippen molar-refractivity contribution in [3.8, 4) is 0 Å². The number of hydrogen-bond donors (Lipinski definition) is 1. The Morgan fingerprint density at radius 3 is 2.52 bits per heavy atom. The fraction of sp³-hybridized carbons (Fsp3) is 0.400. The number of para-hydroxylation sites is 1. The fourth-order valence-electron chi connectivity index (χ4n) is 5.09. The SMILES string of the molecule is COCC1CCC(COC)N1Cc1ccc2c(c1)COC2=C1C(=O)Nc2ccccc21. The Morgan fingerprint density at radius 1 is 1.03 bits per heavy atom. The van der Waals surface area contributed by atoms with Crippen LogP contribution in [0.15, 0.2) is 42.5 Å². The molecule has 1 N–H and O–H groups in total. The third-order valence-corrected chi connectivity index (χ3v) is 6.54. The average Bonchev–Trinajstić information content (AvgIpc) is 3.44. The second-order valence-electron chi connectivity index (χ2n) is 8.45. The van der Waals surface area contributed by atoms with Crippen LogP contribution in [0, 0.1) is 0 Å². The van der Waals surface area contributed by atoms with Gasteiger partial charge in [0.1, 0.15) is 12.4 Å². The van der Waals surface area contributed by atoms with Gasteiger partial charge in [0.15, 0.2) is 0 Å². The van der Waals surface area contributed by atoms with E-state index < -0.39 is 0 Å². The van der Waals surface area contributed by atoms with Gasteiger partial charge in [-0.15, -0.1) is 0 Å². The van der Waals surface area contributed by atoms with E-state index >= 15 is 0 Å². The summed E-state index contributed by atoms with van der Waals surface area (Å²) in [4.78, 5) is 15.1. The molecule has 1 saturated heterocycles. The second kappa shape index (κ2) is 8.46. The van der Waals surface area contributed by atoms with Crippen molar-refractivity contribution in [2.75, 3.05) is 32.8 Å². The van der Waals surface area contributed by atoms with Crippen molar-refractivity contribution in [2.24, 2.45) is 0 Å². The number of nitrogens with zero attached hydrogens (tertiary/aromatic N) is 1. The first-order valence-electron chi connectivity index (χ1n) is 10.8. The maximum absolute atomic E-state index is 12.6. The molecular formula is C25H28N2O4. The van der Waals surface area contributed by atoms with Gasteiger partial charge in [0.25, 0.3) is 5.91 Å². The molecule has 31 heavy (non-hydrogen) atoms. The van der Waals surface area contributed by atoms with Crippen LogP contribution in [-0.4, -0.2) is 50.3 Å². The first-order chi connectivity index (χ1) is 15.2. The number of ether oxygens (including phenoxy) is 3. The smallest absolute Gasteiger partial charge is 0.260 e. The summed E-state index contributed by atoms with van der Waals surface area (Å²) in [6.45, 7) is 2.81. The number of carbonyl (C=O) groups is 1. The minimum absolute atomic E-state index is 0.102. The molecule has 1 amide bonds. The molecule has 0 aliphatic carbocycles. The largest absolute Gasteiger partial charge is 0.487 e. The number of likely N-dealkylation sites (tertiary alicyclic amines) is 1. The second-order valence-corrected chi connectivity index (χ2v) is 8.45. The van der Waals surface area contributed by atoms with Crippen LogP contribution in [0.3, 0.4) is 0 Å². The van der Waals surface area contributed by atoms with E-state index in [9.17, 15) is 4.79 Å². The van der Waals surface area contributed by atoms with Crippen LogP contribution in [0.1, 0.15) is 35.1 Å². The molecule has 162 valence electrons. The number of hydrogen-bond acceptors (Lipinski definition) is 5. The van der Waals surface area contributed by atoms with Gasteiger partial charge in [-0.3, -0.25) is 9.69 Å². The number of fused-ring (bicyclic) bond motifs is 2. The van der Waals surface area contributed by atoms with Gasteiger partial charge < -0.3 is 19.5 Å². The topological polar surface area (TPSA) is 60.0 Å². The highest BCUT2D eigenvalue weighted by molar-refractivity contribution is 6.36. The minimum Gasteiger partial charge on any atom is -0.487 e. The molecule has 3 aliphatic rings. The Bertz CT molecular complexity index is 1020. The van der Waals surface area contributed by atoms with Gasteiger partial charge >= 0.3 is 0 Å². The summed E-state index contributed by atoms with van der Waals surface area (Å²) >= 11 is 0. The predicted molar refractivity (Wildman–Crippen MR) is 119 cm³/mol. The van der Waals surface area contributed by atoms with E-state index in [4.69, 9.17) is 14.2 Å². The van der Waals surface area contributed by atoms with Crippen LogP contribution >= 0.6 is 0 Å². The lowest BCUT2D eigenvalue weighted by atomic mass is 9.99. The summed E-state index contributed by atoms with van der Waals surface area (Å²) in [5.74, 6) is 0.578. The summed E-state index contributed by atoms with van der Waals surface area (Å²) in [6.07, 6.45) is 2.25. The van der Waals surface area contributed by atoms with Gasteiger partial charge in [0.2, 0.25) is 0 Å². The van der Waals surface area contributed by atoms with Gasteiger partial charge in [-0.05, 0) is 24.5 Å². The van der Waals surface area contributed by atoms with E-state index in [1.165, 1.54) is 5.56 Å². The minimum atomic E-state index is -0.102. The maximum Gasteiger partial charge on any atom is 0.260 e. The zero-order valence-corrected chi connectivity index (χ0v) is 18.0. The lowest BCUT2D eigenvalue weighted by Gasteiger charge is -2.29. The lowest BCUT2D eigenvalue weighted by molar-refractivity contribution is -0.110. The van der Waals surface area contributed by atoms with Gasteiger partial charge in [-0.25, -0.2) is 0 Å². The Balaban J connectivity index is 1.43. The summed E-state index contributed by atoms with van der Waals surface area (Å²) < 4.78 is 17.0. The third-order valence-electron chi connectivity index (χ3n) is 6.54. The average molecular weight is 421 g/mol. The Labute approximate surface area is 182 Å². The molecule has 5 rings (SSSR count). The van der Waals surface area contributed by atoms with E-state index in [1.54, 1.807) is 14.2 Å². The molecule has 3 heterocycles. The molecule has 0 radical (unpaired) electrons. The molecule has 2 unspecified atom stereocenters. The Hall–Kier alpha value is -2.67. The Morgan fingerprint density at radius 2 is 1.77 bits per heavy atom. The van der Waals surface area contributed by atoms with Crippen molar-refractivity contribution in [3.05, 3.63) is 64.7 Å². The quantitative estimate of drug-likeness (QED) is 0.723. The molecule has 3 aliphatic heterocycles. The van der Waals surface area contributed by atoms with Crippen molar-refractivity contribution in [3.63, 3.8) is 0 Å². The highest BCUT2D eigenvalue weighted by atomic mass is 16.5. The normalized spacial score (nSPS) is 24.8. The van der Waals surface area contributed by atoms with Crippen molar-refractivity contribution in [2.45, 2.75) is 38.1 Å². The van der Waals surface area contributed by atoms with Crippen molar-refractivity contribution < 1.29 is 19.0 Å². The molecular weight excluding hydrogens is 392 g/mol. The molecule has 0 aromatic heterocycles. The first-order valence-corrected chi connectivity index (χ1v) is 10.8. The maximum atomic E-state index is 12.6. The fourth-order valence-corrected chi connectivity index (χ4v) is 5.09. The monoisotopic (exact) mass is 420 g/mol. The van der Waals surface area contributed by atoms with E-state index in [1.807, 2.05) is 24.3 Å². The third kappa shape index (κ3) is 3.65. The number of carbonyl (C=O) groups excluding carboxylic acids is 1. The zero-order valence-electron chi connectivity index (χ0n) is 18.0. The van der Waals surface area contributed by atoms with Crippen LogP contribution in [0.25, 0.3) is 11.3 Å². The van der Waals surface area contributed by atoms with Crippen LogP contribution < -0.4 is 5.32 Å². The summed E-state index contributed by atoms with van der Waals surface area (Å²) in [6, 6.07) is 15.0. The summed E-state index contributed by atoms with van der Waals surface area (Å²) in [5.41, 5.74) is 5.75. The molecule has 0 saturated carbocycles. The van der Waals surface area contributed by atoms with Crippen LogP contribution in [0.4, 0.5) is 5.69 Å². The number of rotatable bonds is 6. The summed E-state index contributed by atoms with van der Waals surface area (Å²) in [5, 5.41) is 2.94. The number of benzene rings is 2. The predicted octanol–water partition coefficient (Wildman–Crippen LogP) is 3.66. The molecule has 0 bridgehead atoms. The van der Waals surface area contributed by atoms with Crippen LogP contribution in [0.5, 0.6) is 0 Å². The molecule has 0 spiro atoms. The zero-order chi connectivity index (χ0) is 21.4. The van der Waals surface area contributed by atoms with Crippen molar-refractivity contribution in [1.82, 2.24) is 4.90 Å². The molecule has 6 heteroatoms. The number of methoxy groups -OCH3 is 2. The van der Waals surface area contributed by atoms with Gasteiger partial charge in [0.05, 0.1) is 18.8 Å². The molecule has 6 nitrogen and oxygen atoms in total. The molecule has 2 atom stereocenters. The lowest BCUT2D eigenvalue weighted by Crippen LogP contribution is -2.40. The van der Waals surface area contributed by atoms with E-state index in [2.05, 4.69) is 28.4 Å². The van der Waals surface area contributed by atoms with Gasteiger partial charge in [0, 0.05) is 55.2 Å². The number of anilines is 1. The van der Waals surface area contributed by atoms with Gasteiger partial charge in [-0.2, -0.15) is 0 Å². The van der Waals surface area contributed by atoms with E-state index in [0.29, 0.717) is 30.0 Å². The highest BCUT2D eigenvalue weighted by Gasteiger charge is 2.35. The Kier molecular flexibility index (Phi) is 5.52. The molecule has 1 fully saturated rings. The standard InChI is InChI=1S/C25H28N2O4/c1-29-14-18-8-9-19(15-30-2)27(18)12-16-7-10-20-17(11-16)13-31-24(20)23-21-5-3-4-6-22(21)26-25(23)28/h3-7,10-11,18-19H,8-9,12-15H2,1-2H3,(H,26,28). The number of nitrogens with one attached hydrogen (secondary N) is 1. The van der Waals surface area contributed by atoms with Gasteiger partial charge in [-0.1, -0.05) is 36.4 Å². The van der Waals surface area contributed by atoms with Crippen molar-refractivity contribution in [1.29, 1.82) is 0 Å². The van der Waals surface area contributed by atoms with E-state index in [0.717, 1.165) is 55.0 Å². The molecule has 2 aromatic rings. The molecule has 2 aromatic carbocycles. The van der Waals surface area contributed by atoms with Crippen LogP contribution in [-0.2, 0) is 32.2 Å². The highest BCUT2D eigenvalue weighted by Crippen LogP contribution is 2.41. The first kappa shape index (κ1) is 20.2.